The Morgan fingerprint density at radius 3 is 2.81 bits per heavy atom. The predicted octanol–water partition coefficient (Wildman–Crippen LogP) is 3.22. The summed E-state index contributed by atoms with van der Waals surface area (Å²) >= 11 is 6.26. The number of unbranched alkanes of at least 4 members (excludes halogenated alkanes) is 1. The maximum absolute atomic E-state index is 6.26. The Morgan fingerprint density at radius 1 is 1.37 bits per heavy atom. The average Bonchev–Trinajstić information content (AvgIpc) is 3.12. The van der Waals surface area contributed by atoms with Crippen molar-refractivity contribution < 1.29 is 0 Å². The van der Waals surface area contributed by atoms with E-state index < -0.39 is 0 Å². The van der Waals surface area contributed by atoms with Crippen LogP contribution in [0.4, 0.5) is 5.82 Å². The molecule has 0 amide bonds. The molecule has 1 unspecified atom stereocenters. The quantitative estimate of drug-likeness (QED) is 0.232. The van der Waals surface area contributed by atoms with Crippen LogP contribution < -0.4 is 15.5 Å². The summed E-state index contributed by atoms with van der Waals surface area (Å²) in [5, 5.41) is 7.67. The third-order valence-electron chi connectivity index (χ3n) is 4.88. The van der Waals surface area contributed by atoms with E-state index >= 15 is 0 Å². The van der Waals surface area contributed by atoms with E-state index in [0.29, 0.717) is 11.1 Å². The van der Waals surface area contributed by atoms with Crippen LogP contribution in [0.3, 0.4) is 0 Å². The second-order valence-corrected chi connectivity index (χ2v) is 7.02. The highest BCUT2D eigenvalue weighted by atomic mass is 127. The third kappa shape index (κ3) is 7.99. The zero-order valence-corrected chi connectivity index (χ0v) is 19.8. The van der Waals surface area contributed by atoms with Crippen molar-refractivity contribution in [2.75, 3.05) is 51.2 Å². The molecule has 8 heteroatoms. The van der Waals surface area contributed by atoms with E-state index in [1.165, 1.54) is 13.0 Å². The fraction of sp³-hybridized carbons (Fsp3) is 0.684. The van der Waals surface area contributed by atoms with Crippen molar-refractivity contribution in [2.45, 2.75) is 39.2 Å². The molecule has 0 bridgehead atoms. The minimum Gasteiger partial charge on any atom is -0.356 e. The number of aliphatic imine (C=N–C) groups is 1. The molecule has 2 heterocycles. The van der Waals surface area contributed by atoms with Crippen molar-refractivity contribution in [3.63, 3.8) is 0 Å². The van der Waals surface area contributed by atoms with Crippen molar-refractivity contribution >= 4 is 47.4 Å². The molecule has 154 valence electrons. The molecule has 1 aliphatic rings. The monoisotopic (exact) mass is 508 g/mol. The average molecular weight is 509 g/mol. The molecule has 0 radical (unpaired) electrons. The second kappa shape index (κ2) is 13.4. The maximum atomic E-state index is 6.26. The number of hydrogen-bond donors (Lipinski definition) is 2. The summed E-state index contributed by atoms with van der Waals surface area (Å²) in [5.41, 5.74) is 0. The summed E-state index contributed by atoms with van der Waals surface area (Å²) in [7, 11) is 1.83. The van der Waals surface area contributed by atoms with Gasteiger partial charge < -0.3 is 20.4 Å². The number of aromatic nitrogens is 1. The van der Waals surface area contributed by atoms with Crippen molar-refractivity contribution in [1.82, 2.24) is 20.5 Å². The summed E-state index contributed by atoms with van der Waals surface area (Å²) in [6.45, 7) is 10.7. The van der Waals surface area contributed by atoms with Gasteiger partial charge in [0.1, 0.15) is 5.82 Å². The molecule has 1 atom stereocenters. The van der Waals surface area contributed by atoms with Gasteiger partial charge >= 0.3 is 0 Å². The lowest BCUT2D eigenvalue weighted by Crippen LogP contribution is -2.45. The van der Waals surface area contributed by atoms with Crippen LogP contribution in [-0.2, 0) is 0 Å². The highest BCUT2D eigenvalue weighted by Crippen LogP contribution is 2.25. The molecule has 2 N–H and O–H groups in total. The van der Waals surface area contributed by atoms with E-state index in [4.69, 9.17) is 11.6 Å². The van der Waals surface area contributed by atoms with Crippen LogP contribution >= 0.6 is 35.6 Å². The van der Waals surface area contributed by atoms with Gasteiger partial charge in [-0.25, -0.2) is 4.98 Å². The Labute approximate surface area is 186 Å². The molecule has 0 aliphatic carbocycles. The van der Waals surface area contributed by atoms with Crippen molar-refractivity contribution in [1.29, 1.82) is 0 Å². The summed E-state index contributed by atoms with van der Waals surface area (Å²) < 4.78 is 0. The topological polar surface area (TPSA) is 55.8 Å². The molecule has 1 aliphatic heterocycles. The first-order chi connectivity index (χ1) is 12.7. The maximum Gasteiger partial charge on any atom is 0.191 e. The lowest BCUT2D eigenvalue weighted by atomic mass is 10.2. The van der Waals surface area contributed by atoms with E-state index in [9.17, 15) is 0 Å². The highest BCUT2D eigenvalue weighted by molar-refractivity contribution is 14.0. The molecule has 1 saturated heterocycles. The third-order valence-corrected chi connectivity index (χ3v) is 5.17. The first-order valence-electron chi connectivity index (χ1n) is 9.72. The first-order valence-corrected chi connectivity index (χ1v) is 10.1. The molecule has 1 aromatic rings. The molecule has 2 rings (SSSR count). The van der Waals surface area contributed by atoms with Gasteiger partial charge in [-0.05, 0) is 51.0 Å². The summed E-state index contributed by atoms with van der Waals surface area (Å²) in [4.78, 5) is 13.5. The van der Waals surface area contributed by atoms with Crippen LogP contribution in [0.1, 0.15) is 33.1 Å². The second-order valence-electron chi connectivity index (χ2n) is 6.62. The number of pyridine rings is 1. The number of guanidine groups is 1. The van der Waals surface area contributed by atoms with E-state index in [1.54, 1.807) is 6.20 Å². The normalized spacial score (nSPS) is 17.1. The SMILES string of the molecule is CCN(CC)CCCCNC(=NC)NC1CCN(c2ncccc2Cl)C1.I. The standard InChI is InChI=1S/C19H33ClN6.HI/c1-4-25(5-2)13-7-6-11-23-19(21-3)24-16-10-14-26(15-16)18-17(20)9-8-12-22-18;/h8-9,12,16H,4-7,10-11,13-15H2,1-3H3,(H2,21,23,24);1H. The molecule has 0 saturated carbocycles. The number of rotatable bonds is 9. The van der Waals surface area contributed by atoms with E-state index in [-0.39, 0.29) is 24.0 Å². The Hall–Kier alpha value is -0.800. The molecule has 1 aromatic heterocycles. The van der Waals surface area contributed by atoms with Gasteiger partial charge in [0.25, 0.3) is 0 Å². The molecular weight excluding hydrogens is 475 g/mol. The summed E-state index contributed by atoms with van der Waals surface area (Å²) in [5.74, 6) is 1.75. The van der Waals surface area contributed by atoms with E-state index in [2.05, 4.69) is 44.3 Å². The Kier molecular flexibility index (Phi) is 12.0. The highest BCUT2D eigenvalue weighted by Gasteiger charge is 2.25. The van der Waals surface area contributed by atoms with Crippen molar-refractivity contribution in [2.24, 2.45) is 4.99 Å². The van der Waals surface area contributed by atoms with Gasteiger partial charge in [-0.1, -0.05) is 25.4 Å². The molecule has 1 fully saturated rings. The number of hydrogen-bond acceptors (Lipinski definition) is 4. The van der Waals surface area contributed by atoms with Gasteiger partial charge in [0.05, 0.1) is 5.02 Å². The lowest BCUT2D eigenvalue weighted by molar-refractivity contribution is 0.297. The molecule has 27 heavy (non-hydrogen) atoms. The predicted molar refractivity (Wildman–Crippen MR) is 127 cm³/mol. The first kappa shape index (κ1) is 24.2. The number of nitrogens with one attached hydrogen (secondary N) is 2. The van der Waals surface area contributed by atoms with Gasteiger partial charge in [0.2, 0.25) is 0 Å². The molecular formula is C19H34ClIN6. The Morgan fingerprint density at radius 2 is 2.15 bits per heavy atom. The summed E-state index contributed by atoms with van der Waals surface area (Å²) in [6.07, 6.45) is 5.20. The molecule has 0 aromatic carbocycles. The van der Waals surface area contributed by atoms with Gasteiger partial charge in [-0.2, -0.15) is 0 Å². The van der Waals surface area contributed by atoms with Gasteiger partial charge in [0.15, 0.2) is 5.96 Å². The smallest absolute Gasteiger partial charge is 0.191 e. The van der Waals surface area contributed by atoms with E-state index in [0.717, 1.165) is 57.3 Å². The lowest BCUT2D eigenvalue weighted by Gasteiger charge is -2.20. The Balaban J connectivity index is 0.00000364. The van der Waals surface area contributed by atoms with Crippen LogP contribution in [0.5, 0.6) is 0 Å². The van der Waals surface area contributed by atoms with Gasteiger partial charge in [-0.15, -0.1) is 24.0 Å². The van der Waals surface area contributed by atoms with Crippen LogP contribution in [-0.4, -0.2) is 68.2 Å². The zero-order valence-electron chi connectivity index (χ0n) is 16.7. The summed E-state index contributed by atoms with van der Waals surface area (Å²) in [6, 6.07) is 4.11. The van der Waals surface area contributed by atoms with Crippen LogP contribution in [0, 0.1) is 0 Å². The van der Waals surface area contributed by atoms with Crippen LogP contribution in [0.2, 0.25) is 5.02 Å². The Bertz CT molecular complexity index is 567. The largest absolute Gasteiger partial charge is 0.356 e. The minimum atomic E-state index is 0. The van der Waals surface area contributed by atoms with E-state index in [1.807, 2.05) is 19.2 Å². The van der Waals surface area contributed by atoms with Gasteiger partial charge in [-0.3, -0.25) is 4.99 Å². The van der Waals surface area contributed by atoms with Gasteiger partial charge in [0, 0.05) is 38.9 Å². The fourth-order valence-electron chi connectivity index (χ4n) is 3.28. The molecule has 0 spiro atoms. The number of nitrogens with zero attached hydrogens (tertiary/aromatic N) is 4. The van der Waals surface area contributed by atoms with Crippen LogP contribution in [0.25, 0.3) is 0 Å². The minimum absolute atomic E-state index is 0. The van der Waals surface area contributed by atoms with Crippen LogP contribution in [0.15, 0.2) is 23.3 Å². The zero-order chi connectivity index (χ0) is 18.8. The fourth-order valence-corrected chi connectivity index (χ4v) is 3.52. The number of anilines is 1. The van der Waals surface area contributed by atoms with Crippen molar-refractivity contribution in [3.05, 3.63) is 23.4 Å². The van der Waals surface area contributed by atoms with Crippen molar-refractivity contribution in [3.8, 4) is 0 Å². The molecule has 6 nitrogen and oxygen atoms in total. The number of halogens is 2.